The molecule has 0 aliphatic heterocycles. The standard InChI is InChI=1S/C13H23N3O/c1-3-4-8-17-9-7-16-10-11(2)14-13(16)15-12-5-6-12/h10,12H,3-9H2,1-2H3,(H,14,15). The summed E-state index contributed by atoms with van der Waals surface area (Å²) in [6, 6.07) is 0.650. The quantitative estimate of drug-likeness (QED) is 0.706. The van der Waals surface area contributed by atoms with E-state index < -0.39 is 0 Å². The number of imidazole rings is 1. The third-order valence-electron chi connectivity index (χ3n) is 2.93. The van der Waals surface area contributed by atoms with Crippen molar-refractivity contribution >= 4 is 5.95 Å². The average molecular weight is 237 g/mol. The summed E-state index contributed by atoms with van der Waals surface area (Å²) >= 11 is 0. The number of unbranched alkanes of at least 4 members (excludes halogenated alkanes) is 1. The summed E-state index contributed by atoms with van der Waals surface area (Å²) < 4.78 is 7.75. The fraction of sp³-hybridized carbons (Fsp3) is 0.769. The van der Waals surface area contributed by atoms with E-state index in [1.165, 1.54) is 19.3 Å². The number of hydrogen-bond acceptors (Lipinski definition) is 3. The van der Waals surface area contributed by atoms with Crippen molar-refractivity contribution in [3.05, 3.63) is 11.9 Å². The summed E-state index contributed by atoms with van der Waals surface area (Å²) in [5.74, 6) is 1.00. The lowest BCUT2D eigenvalue weighted by atomic mass is 10.4. The molecule has 1 saturated carbocycles. The van der Waals surface area contributed by atoms with Crippen LogP contribution in [0.1, 0.15) is 38.3 Å². The van der Waals surface area contributed by atoms with Crippen LogP contribution >= 0.6 is 0 Å². The van der Waals surface area contributed by atoms with Crippen molar-refractivity contribution in [2.75, 3.05) is 18.5 Å². The Balaban J connectivity index is 1.77. The summed E-state index contributed by atoms with van der Waals surface area (Å²) in [6.45, 7) is 6.75. The van der Waals surface area contributed by atoms with E-state index in [0.717, 1.165) is 37.8 Å². The second kappa shape index (κ2) is 6.05. The molecule has 2 rings (SSSR count). The molecule has 0 bridgehead atoms. The Hall–Kier alpha value is -1.03. The normalized spacial score (nSPS) is 15.2. The zero-order valence-electron chi connectivity index (χ0n) is 10.9. The smallest absolute Gasteiger partial charge is 0.203 e. The first-order valence-electron chi connectivity index (χ1n) is 6.67. The minimum absolute atomic E-state index is 0.650. The molecule has 1 aliphatic rings. The highest BCUT2D eigenvalue weighted by atomic mass is 16.5. The summed E-state index contributed by atoms with van der Waals surface area (Å²) in [5.41, 5.74) is 1.07. The van der Waals surface area contributed by atoms with Gasteiger partial charge in [-0.05, 0) is 26.2 Å². The third kappa shape index (κ3) is 4.04. The molecule has 17 heavy (non-hydrogen) atoms. The van der Waals surface area contributed by atoms with Gasteiger partial charge in [-0.1, -0.05) is 13.3 Å². The Labute approximate surface area is 103 Å². The molecule has 1 fully saturated rings. The van der Waals surface area contributed by atoms with Crippen molar-refractivity contribution in [3.63, 3.8) is 0 Å². The van der Waals surface area contributed by atoms with Gasteiger partial charge in [-0.25, -0.2) is 4.98 Å². The summed E-state index contributed by atoms with van der Waals surface area (Å²) in [4.78, 5) is 4.50. The molecule has 1 N–H and O–H groups in total. The van der Waals surface area contributed by atoms with Crippen LogP contribution in [0.25, 0.3) is 0 Å². The fourth-order valence-electron chi connectivity index (χ4n) is 1.75. The lowest BCUT2D eigenvalue weighted by Crippen LogP contribution is -2.12. The number of anilines is 1. The van der Waals surface area contributed by atoms with Gasteiger partial charge in [0, 0.05) is 25.4 Å². The molecule has 0 aromatic carbocycles. The SMILES string of the molecule is CCCCOCCn1cc(C)nc1NC1CC1. The van der Waals surface area contributed by atoms with Gasteiger partial charge in [0.05, 0.1) is 12.3 Å². The van der Waals surface area contributed by atoms with Crippen LogP contribution in [0.5, 0.6) is 0 Å². The van der Waals surface area contributed by atoms with Crippen LogP contribution in [0.2, 0.25) is 0 Å². The van der Waals surface area contributed by atoms with Crippen LogP contribution in [0, 0.1) is 6.92 Å². The van der Waals surface area contributed by atoms with Crippen LogP contribution in [0.15, 0.2) is 6.20 Å². The molecule has 1 aromatic heterocycles. The van der Waals surface area contributed by atoms with Crippen molar-refractivity contribution in [3.8, 4) is 0 Å². The monoisotopic (exact) mass is 237 g/mol. The lowest BCUT2D eigenvalue weighted by molar-refractivity contribution is 0.124. The van der Waals surface area contributed by atoms with Gasteiger partial charge in [0.2, 0.25) is 5.95 Å². The van der Waals surface area contributed by atoms with Crippen LogP contribution < -0.4 is 5.32 Å². The number of hydrogen-bond donors (Lipinski definition) is 1. The Morgan fingerprint density at radius 1 is 1.47 bits per heavy atom. The number of aryl methyl sites for hydroxylation is 1. The molecule has 0 spiro atoms. The molecule has 0 amide bonds. The zero-order chi connectivity index (χ0) is 12.1. The molecular formula is C13H23N3O. The van der Waals surface area contributed by atoms with Crippen molar-refractivity contribution < 1.29 is 4.74 Å². The Morgan fingerprint density at radius 2 is 2.29 bits per heavy atom. The van der Waals surface area contributed by atoms with Crippen molar-refractivity contribution in [1.82, 2.24) is 9.55 Å². The van der Waals surface area contributed by atoms with Gasteiger partial charge in [-0.15, -0.1) is 0 Å². The minimum atomic E-state index is 0.650. The summed E-state index contributed by atoms with van der Waals surface area (Å²) in [6.07, 6.45) is 6.99. The van der Waals surface area contributed by atoms with Crippen molar-refractivity contribution in [1.29, 1.82) is 0 Å². The first-order valence-corrected chi connectivity index (χ1v) is 6.67. The number of nitrogens with zero attached hydrogens (tertiary/aromatic N) is 2. The van der Waals surface area contributed by atoms with Gasteiger partial charge < -0.3 is 14.6 Å². The number of nitrogens with one attached hydrogen (secondary N) is 1. The topological polar surface area (TPSA) is 39.1 Å². The molecule has 0 radical (unpaired) electrons. The van der Waals surface area contributed by atoms with Gasteiger partial charge in [0.1, 0.15) is 0 Å². The predicted octanol–water partition coefficient (Wildman–Crippen LogP) is 2.58. The summed E-state index contributed by atoms with van der Waals surface area (Å²) in [5, 5.41) is 3.45. The van der Waals surface area contributed by atoms with Crippen LogP contribution in [0.4, 0.5) is 5.95 Å². The van der Waals surface area contributed by atoms with E-state index in [0.29, 0.717) is 6.04 Å². The number of rotatable bonds is 8. The van der Waals surface area contributed by atoms with E-state index in [-0.39, 0.29) is 0 Å². The highest BCUT2D eigenvalue weighted by Crippen LogP contribution is 2.24. The van der Waals surface area contributed by atoms with Gasteiger partial charge in [0.25, 0.3) is 0 Å². The second-order valence-corrected chi connectivity index (χ2v) is 4.78. The Bertz CT molecular complexity index is 344. The van der Waals surface area contributed by atoms with Gasteiger partial charge >= 0.3 is 0 Å². The molecule has 96 valence electrons. The molecule has 0 saturated heterocycles. The van der Waals surface area contributed by atoms with Crippen LogP contribution in [-0.4, -0.2) is 28.8 Å². The highest BCUT2D eigenvalue weighted by molar-refractivity contribution is 5.32. The molecule has 4 nitrogen and oxygen atoms in total. The van der Waals surface area contributed by atoms with E-state index >= 15 is 0 Å². The van der Waals surface area contributed by atoms with E-state index in [2.05, 4.69) is 28.0 Å². The molecule has 1 heterocycles. The summed E-state index contributed by atoms with van der Waals surface area (Å²) in [7, 11) is 0. The molecule has 1 aromatic rings. The van der Waals surface area contributed by atoms with Crippen molar-refractivity contribution in [2.24, 2.45) is 0 Å². The maximum Gasteiger partial charge on any atom is 0.203 e. The number of aromatic nitrogens is 2. The lowest BCUT2D eigenvalue weighted by Gasteiger charge is -2.09. The second-order valence-electron chi connectivity index (χ2n) is 4.78. The minimum Gasteiger partial charge on any atom is -0.380 e. The fourth-order valence-corrected chi connectivity index (χ4v) is 1.75. The first-order chi connectivity index (χ1) is 8.29. The molecule has 0 unspecified atom stereocenters. The molecule has 1 aliphatic carbocycles. The van der Waals surface area contributed by atoms with Crippen LogP contribution in [-0.2, 0) is 11.3 Å². The molecular weight excluding hydrogens is 214 g/mol. The number of ether oxygens (including phenoxy) is 1. The van der Waals surface area contributed by atoms with Gasteiger partial charge in [-0.2, -0.15) is 0 Å². The average Bonchev–Trinajstić information content (AvgIpc) is 3.03. The first kappa shape index (κ1) is 12.4. The molecule has 0 atom stereocenters. The van der Waals surface area contributed by atoms with Gasteiger partial charge in [-0.3, -0.25) is 0 Å². The third-order valence-corrected chi connectivity index (χ3v) is 2.93. The Kier molecular flexibility index (Phi) is 4.42. The van der Waals surface area contributed by atoms with E-state index in [1.807, 2.05) is 6.92 Å². The maximum absolute atomic E-state index is 5.59. The van der Waals surface area contributed by atoms with E-state index in [1.54, 1.807) is 0 Å². The highest BCUT2D eigenvalue weighted by Gasteiger charge is 2.22. The van der Waals surface area contributed by atoms with E-state index in [9.17, 15) is 0 Å². The van der Waals surface area contributed by atoms with E-state index in [4.69, 9.17) is 4.74 Å². The van der Waals surface area contributed by atoms with Crippen molar-refractivity contribution in [2.45, 2.75) is 52.1 Å². The zero-order valence-corrected chi connectivity index (χ0v) is 10.9. The Morgan fingerprint density at radius 3 is 3.00 bits per heavy atom. The maximum atomic E-state index is 5.59. The van der Waals surface area contributed by atoms with Crippen LogP contribution in [0.3, 0.4) is 0 Å². The van der Waals surface area contributed by atoms with Gasteiger partial charge in [0.15, 0.2) is 0 Å². The predicted molar refractivity (Wildman–Crippen MR) is 69.3 cm³/mol. The largest absolute Gasteiger partial charge is 0.380 e. The molecule has 4 heteroatoms.